The second-order valence-corrected chi connectivity index (χ2v) is 6.88. The Morgan fingerprint density at radius 1 is 0.800 bits per heavy atom. The maximum absolute atomic E-state index is 12.8. The molecule has 0 spiro atoms. The van der Waals surface area contributed by atoms with Crippen LogP contribution < -0.4 is 0 Å². The lowest BCUT2D eigenvalue weighted by molar-refractivity contribution is 0.478. The van der Waals surface area contributed by atoms with Crippen LogP contribution in [0.5, 0.6) is 0 Å². The highest BCUT2D eigenvalue weighted by atomic mass is 32.2. The summed E-state index contributed by atoms with van der Waals surface area (Å²) in [6.07, 6.45) is 1.90. The molecule has 0 aromatic heterocycles. The normalized spacial score (nSPS) is 16.4. The zero-order chi connectivity index (χ0) is 14.0. The van der Waals surface area contributed by atoms with Gasteiger partial charge in [0.1, 0.15) is 0 Å². The molecule has 4 heteroatoms. The summed E-state index contributed by atoms with van der Waals surface area (Å²) in [5.41, 5.74) is 1.71. The quantitative estimate of drug-likeness (QED) is 0.869. The first kappa shape index (κ1) is 13.3. The van der Waals surface area contributed by atoms with Crippen LogP contribution in [0.15, 0.2) is 59.5 Å². The Kier molecular flexibility index (Phi) is 3.59. The molecule has 2 aromatic carbocycles. The van der Waals surface area contributed by atoms with E-state index in [-0.39, 0.29) is 0 Å². The van der Waals surface area contributed by atoms with Crippen LogP contribution >= 0.6 is 0 Å². The van der Waals surface area contributed by atoms with Crippen molar-refractivity contribution in [2.75, 3.05) is 13.1 Å². The van der Waals surface area contributed by atoms with Gasteiger partial charge in [0.25, 0.3) is 0 Å². The van der Waals surface area contributed by atoms with E-state index in [0.717, 1.165) is 24.0 Å². The highest BCUT2D eigenvalue weighted by Crippen LogP contribution is 2.30. The molecule has 0 aliphatic carbocycles. The topological polar surface area (TPSA) is 37.4 Å². The van der Waals surface area contributed by atoms with Crippen molar-refractivity contribution in [2.45, 2.75) is 17.7 Å². The Balaban J connectivity index is 2.11. The fourth-order valence-electron chi connectivity index (χ4n) is 2.62. The molecule has 2 aromatic rings. The number of rotatable bonds is 3. The summed E-state index contributed by atoms with van der Waals surface area (Å²) in [6.45, 7) is 1.26. The molecule has 1 fully saturated rings. The minimum absolute atomic E-state index is 0.410. The van der Waals surface area contributed by atoms with Crippen molar-refractivity contribution in [2.24, 2.45) is 0 Å². The smallest absolute Gasteiger partial charge is 0.207 e. The average molecular weight is 287 g/mol. The second kappa shape index (κ2) is 5.38. The largest absolute Gasteiger partial charge is 0.243 e. The van der Waals surface area contributed by atoms with Gasteiger partial charge < -0.3 is 0 Å². The van der Waals surface area contributed by atoms with Crippen molar-refractivity contribution < 1.29 is 8.42 Å². The number of sulfonamides is 1. The van der Waals surface area contributed by atoms with Crippen LogP contribution in [0.3, 0.4) is 0 Å². The van der Waals surface area contributed by atoms with Gasteiger partial charge in [-0.05, 0) is 24.5 Å². The second-order valence-electron chi connectivity index (χ2n) is 4.97. The van der Waals surface area contributed by atoms with E-state index in [1.165, 1.54) is 0 Å². The van der Waals surface area contributed by atoms with E-state index in [9.17, 15) is 8.42 Å². The molecule has 0 radical (unpaired) electrons. The minimum atomic E-state index is -3.38. The summed E-state index contributed by atoms with van der Waals surface area (Å²) in [6, 6.07) is 16.9. The maximum Gasteiger partial charge on any atom is 0.243 e. The van der Waals surface area contributed by atoms with Crippen molar-refractivity contribution in [1.29, 1.82) is 0 Å². The van der Waals surface area contributed by atoms with E-state index < -0.39 is 10.0 Å². The van der Waals surface area contributed by atoms with Gasteiger partial charge in [0.15, 0.2) is 0 Å². The van der Waals surface area contributed by atoms with E-state index in [0.29, 0.717) is 18.0 Å². The molecule has 104 valence electrons. The van der Waals surface area contributed by atoms with Crippen LogP contribution in [0.25, 0.3) is 11.1 Å². The van der Waals surface area contributed by atoms with Gasteiger partial charge in [-0.25, -0.2) is 8.42 Å². The maximum atomic E-state index is 12.8. The summed E-state index contributed by atoms with van der Waals surface area (Å²) < 4.78 is 27.1. The summed E-state index contributed by atoms with van der Waals surface area (Å²) in [4.78, 5) is 0.410. The van der Waals surface area contributed by atoms with E-state index in [1.807, 2.05) is 42.5 Å². The fraction of sp³-hybridized carbons (Fsp3) is 0.250. The third-order valence-corrected chi connectivity index (χ3v) is 5.61. The van der Waals surface area contributed by atoms with Crippen molar-refractivity contribution in [1.82, 2.24) is 4.31 Å². The SMILES string of the molecule is O=S(=O)(c1ccccc1-c1ccccc1)N1CCCC1. The summed E-state index contributed by atoms with van der Waals surface area (Å²) in [5, 5.41) is 0. The lowest BCUT2D eigenvalue weighted by Crippen LogP contribution is -2.28. The van der Waals surface area contributed by atoms with Gasteiger partial charge in [-0.1, -0.05) is 48.5 Å². The highest BCUT2D eigenvalue weighted by molar-refractivity contribution is 7.89. The Labute approximate surface area is 119 Å². The van der Waals surface area contributed by atoms with Crippen LogP contribution in [-0.4, -0.2) is 25.8 Å². The summed E-state index contributed by atoms with van der Waals surface area (Å²) >= 11 is 0. The average Bonchev–Trinajstić information content (AvgIpc) is 3.03. The van der Waals surface area contributed by atoms with E-state index in [2.05, 4.69) is 0 Å². The number of nitrogens with zero attached hydrogens (tertiary/aromatic N) is 1. The lowest BCUT2D eigenvalue weighted by Gasteiger charge is -2.18. The summed E-state index contributed by atoms with van der Waals surface area (Å²) in [7, 11) is -3.38. The van der Waals surface area contributed by atoms with Crippen LogP contribution in [0.1, 0.15) is 12.8 Å². The van der Waals surface area contributed by atoms with Crippen LogP contribution in [-0.2, 0) is 10.0 Å². The molecule has 0 amide bonds. The molecule has 0 saturated carbocycles. The molecular formula is C16H17NO2S. The summed E-state index contributed by atoms with van der Waals surface area (Å²) in [5.74, 6) is 0. The standard InChI is InChI=1S/C16H17NO2S/c18-20(19,17-12-6-7-13-17)16-11-5-4-10-15(16)14-8-2-1-3-9-14/h1-5,8-11H,6-7,12-13H2. The minimum Gasteiger partial charge on any atom is -0.207 e. The van der Waals surface area contributed by atoms with Gasteiger partial charge in [0, 0.05) is 18.7 Å². The molecule has 0 bridgehead atoms. The molecule has 3 nitrogen and oxygen atoms in total. The van der Waals surface area contributed by atoms with Crippen LogP contribution in [0.2, 0.25) is 0 Å². The molecule has 0 unspecified atom stereocenters. The molecule has 0 N–H and O–H groups in total. The van der Waals surface area contributed by atoms with Crippen molar-refractivity contribution >= 4 is 10.0 Å². The lowest BCUT2D eigenvalue weighted by atomic mass is 10.1. The molecular weight excluding hydrogens is 270 g/mol. The molecule has 1 saturated heterocycles. The molecule has 0 atom stereocenters. The van der Waals surface area contributed by atoms with E-state index in [4.69, 9.17) is 0 Å². The monoisotopic (exact) mass is 287 g/mol. The Bertz CT molecular complexity index is 689. The molecule has 20 heavy (non-hydrogen) atoms. The molecule has 1 aliphatic heterocycles. The van der Waals surface area contributed by atoms with E-state index >= 15 is 0 Å². The predicted molar refractivity (Wildman–Crippen MR) is 79.9 cm³/mol. The van der Waals surface area contributed by atoms with Gasteiger partial charge in [0.2, 0.25) is 10.0 Å². The first-order valence-corrected chi connectivity index (χ1v) is 8.28. The molecule has 1 aliphatic rings. The van der Waals surface area contributed by atoms with Gasteiger partial charge in [-0.2, -0.15) is 4.31 Å². The predicted octanol–water partition coefficient (Wildman–Crippen LogP) is 3.14. The van der Waals surface area contributed by atoms with Gasteiger partial charge in [-0.15, -0.1) is 0 Å². The van der Waals surface area contributed by atoms with Crippen molar-refractivity contribution in [3.8, 4) is 11.1 Å². The van der Waals surface area contributed by atoms with Crippen molar-refractivity contribution in [3.05, 3.63) is 54.6 Å². The number of hydrogen-bond acceptors (Lipinski definition) is 2. The molecule has 1 heterocycles. The third kappa shape index (κ3) is 2.37. The zero-order valence-electron chi connectivity index (χ0n) is 11.2. The van der Waals surface area contributed by atoms with Crippen molar-refractivity contribution in [3.63, 3.8) is 0 Å². The first-order chi connectivity index (χ1) is 9.69. The molecule has 3 rings (SSSR count). The Hall–Kier alpha value is -1.65. The Morgan fingerprint density at radius 3 is 2.10 bits per heavy atom. The van der Waals surface area contributed by atoms with Gasteiger partial charge in [0.05, 0.1) is 4.90 Å². The van der Waals surface area contributed by atoms with Crippen LogP contribution in [0, 0.1) is 0 Å². The van der Waals surface area contributed by atoms with Crippen LogP contribution in [0.4, 0.5) is 0 Å². The number of benzene rings is 2. The van der Waals surface area contributed by atoms with E-state index in [1.54, 1.807) is 16.4 Å². The fourth-order valence-corrected chi connectivity index (χ4v) is 4.35. The Morgan fingerprint density at radius 2 is 1.40 bits per heavy atom. The third-order valence-electron chi connectivity index (χ3n) is 3.65. The van der Waals surface area contributed by atoms with Gasteiger partial charge >= 0.3 is 0 Å². The number of hydrogen-bond donors (Lipinski definition) is 0. The van der Waals surface area contributed by atoms with Gasteiger partial charge in [-0.3, -0.25) is 0 Å². The first-order valence-electron chi connectivity index (χ1n) is 6.84. The highest BCUT2D eigenvalue weighted by Gasteiger charge is 2.29. The zero-order valence-corrected chi connectivity index (χ0v) is 12.0.